The van der Waals surface area contributed by atoms with Gasteiger partial charge in [0.2, 0.25) is 0 Å². The number of nitrogen functional groups attached to an aromatic ring is 1. The minimum atomic E-state index is -0.462. The number of hydrogen-bond donors (Lipinski definition) is 2. The lowest BCUT2D eigenvalue weighted by Crippen LogP contribution is -2.13. The van der Waals surface area contributed by atoms with Gasteiger partial charge in [0.25, 0.3) is 5.91 Å². The predicted octanol–water partition coefficient (Wildman–Crippen LogP) is 3.09. The van der Waals surface area contributed by atoms with Gasteiger partial charge in [-0.15, -0.1) is 0 Å². The number of anilines is 2. The third-order valence-electron chi connectivity index (χ3n) is 2.45. The summed E-state index contributed by atoms with van der Waals surface area (Å²) in [5.74, 6) is -0.462. The Balaban J connectivity index is 2.26. The Bertz CT molecular complexity index is 725. The van der Waals surface area contributed by atoms with Crippen molar-refractivity contribution >= 4 is 40.5 Å². The minimum Gasteiger partial charge on any atom is -0.397 e. The number of rotatable bonds is 2. The van der Waals surface area contributed by atoms with Crippen LogP contribution in [0.1, 0.15) is 15.9 Å². The zero-order valence-electron chi connectivity index (χ0n) is 10.0. The third-order valence-corrected chi connectivity index (χ3v) is 3.07. The van der Waals surface area contributed by atoms with Gasteiger partial charge in [0, 0.05) is 5.69 Å². The Morgan fingerprint density at radius 2 is 2.10 bits per heavy atom. The second-order valence-electron chi connectivity index (χ2n) is 3.87. The van der Waals surface area contributed by atoms with E-state index in [1.54, 1.807) is 6.07 Å². The summed E-state index contributed by atoms with van der Waals surface area (Å²) in [6.07, 6.45) is 1.36. The molecule has 7 heteroatoms. The number of nitrogens with one attached hydrogen (secondary N) is 1. The summed E-state index contributed by atoms with van der Waals surface area (Å²) in [6, 6.07) is 7.91. The quantitative estimate of drug-likeness (QED) is 0.834. The number of aromatic nitrogens is 1. The largest absolute Gasteiger partial charge is 0.397 e. The number of nitriles is 1. The lowest BCUT2D eigenvalue weighted by Gasteiger charge is -2.07. The standard InChI is InChI=1S/C13H8Cl2N4O/c14-11-4-9(2-1-7(11)5-16)19-13(20)10-3-8(17)6-18-12(10)15/h1-4,6H,17H2,(H,19,20). The van der Waals surface area contributed by atoms with Gasteiger partial charge in [0.1, 0.15) is 11.2 Å². The van der Waals surface area contributed by atoms with Crippen molar-refractivity contribution in [2.45, 2.75) is 0 Å². The highest BCUT2D eigenvalue weighted by molar-refractivity contribution is 6.33. The van der Waals surface area contributed by atoms with Crippen molar-refractivity contribution in [1.29, 1.82) is 5.26 Å². The average molecular weight is 307 g/mol. The molecule has 0 fully saturated rings. The minimum absolute atomic E-state index is 0.0523. The number of carbonyl (C=O) groups excluding carboxylic acids is 1. The molecule has 1 aromatic heterocycles. The molecule has 0 atom stereocenters. The molecule has 1 amide bonds. The number of hydrogen-bond acceptors (Lipinski definition) is 4. The molecular formula is C13H8Cl2N4O. The molecule has 5 nitrogen and oxygen atoms in total. The summed E-state index contributed by atoms with van der Waals surface area (Å²) >= 11 is 11.7. The predicted molar refractivity (Wildman–Crippen MR) is 77.8 cm³/mol. The average Bonchev–Trinajstić information content (AvgIpc) is 2.41. The number of nitrogens with zero attached hydrogens (tertiary/aromatic N) is 2. The third kappa shape index (κ3) is 2.99. The highest BCUT2D eigenvalue weighted by Gasteiger charge is 2.13. The van der Waals surface area contributed by atoms with Gasteiger partial charge in [-0.1, -0.05) is 23.2 Å². The molecule has 1 heterocycles. The Hall–Kier alpha value is -2.29. The molecule has 20 heavy (non-hydrogen) atoms. The molecule has 0 saturated carbocycles. The van der Waals surface area contributed by atoms with E-state index in [2.05, 4.69) is 10.3 Å². The number of amides is 1. The Morgan fingerprint density at radius 1 is 1.35 bits per heavy atom. The monoisotopic (exact) mass is 306 g/mol. The van der Waals surface area contributed by atoms with E-state index in [0.717, 1.165) is 0 Å². The van der Waals surface area contributed by atoms with Crippen molar-refractivity contribution in [3.05, 3.63) is 51.8 Å². The van der Waals surface area contributed by atoms with Crippen LogP contribution in [0.4, 0.5) is 11.4 Å². The number of nitrogens with two attached hydrogens (primary N) is 1. The van der Waals surface area contributed by atoms with Crippen LogP contribution in [-0.2, 0) is 0 Å². The Kier molecular flexibility index (Phi) is 4.08. The van der Waals surface area contributed by atoms with Crippen LogP contribution >= 0.6 is 23.2 Å². The van der Waals surface area contributed by atoms with Crippen molar-refractivity contribution in [1.82, 2.24) is 4.98 Å². The highest BCUT2D eigenvalue weighted by atomic mass is 35.5. The van der Waals surface area contributed by atoms with Crippen molar-refractivity contribution in [3.63, 3.8) is 0 Å². The van der Waals surface area contributed by atoms with Crippen LogP contribution < -0.4 is 11.1 Å². The molecule has 2 aromatic rings. The summed E-state index contributed by atoms with van der Waals surface area (Å²) in [5, 5.41) is 11.7. The van der Waals surface area contributed by atoms with Gasteiger partial charge in [0.05, 0.1) is 28.0 Å². The summed E-state index contributed by atoms with van der Waals surface area (Å²) < 4.78 is 0. The topological polar surface area (TPSA) is 91.8 Å². The molecule has 0 aliphatic rings. The summed E-state index contributed by atoms with van der Waals surface area (Å²) in [5.41, 5.74) is 6.82. The van der Waals surface area contributed by atoms with E-state index < -0.39 is 5.91 Å². The second-order valence-corrected chi connectivity index (χ2v) is 4.63. The fraction of sp³-hybridized carbons (Fsp3) is 0. The van der Waals surface area contributed by atoms with Crippen molar-refractivity contribution in [2.75, 3.05) is 11.1 Å². The van der Waals surface area contributed by atoms with Gasteiger partial charge in [-0.25, -0.2) is 4.98 Å². The van der Waals surface area contributed by atoms with E-state index in [4.69, 9.17) is 34.2 Å². The van der Waals surface area contributed by atoms with Crippen molar-refractivity contribution in [2.24, 2.45) is 0 Å². The first-order valence-electron chi connectivity index (χ1n) is 5.43. The number of carbonyl (C=O) groups is 1. The molecule has 3 N–H and O–H groups in total. The van der Waals surface area contributed by atoms with Crippen LogP contribution in [0.3, 0.4) is 0 Å². The summed E-state index contributed by atoms with van der Waals surface area (Å²) in [7, 11) is 0. The zero-order valence-corrected chi connectivity index (χ0v) is 11.5. The summed E-state index contributed by atoms with van der Waals surface area (Å²) in [4.78, 5) is 15.9. The Labute approximate surface area is 124 Å². The van der Waals surface area contributed by atoms with Gasteiger partial charge in [0.15, 0.2) is 0 Å². The van der Waals surface area contributed by atoms with Crippen LogP contribution in [0.15, 0.2) is 30.5 Å². The zero-order chi connectivity index (χ0) is 14.7. The smallest absolute Gasteiger partial charge is 0.258 e. The lowest BCUT2D eigenvalue weighted by molar-refractivity contribution is 0.102. The summed E-state index contributed by atoms with van der Waals surface area (Å²) in [6.45, 7) is 0. The first-order valence-corrected chi connectivity index (χ1v) is 6.19. The maximum absolute atomic E-state index is 12.1. The van der Waals surface area contributed by atoms with Crippen molar-refractivity contribution < 1.29 is 4.79 Å². The molecule has 1 aromatic carbocycles. The fourth-order valence-corrected chi connectivity index (χ4v) is 1.92. The molecule has 0 spiro atoms. The molecule has 0 radical (unpaired) electrons. The molecular weight excluding hydrogens is 299 g/mol. The van der Waals surface area contributed by atoms with E-state index >= 15 is 0 Å². The van der Waals surface area contributed by atoms with Gasteiger partial charge in [-0.2, -0.15) is 5.26 Å². The van der Waals surface area contributed by atoms with Crippen LogP contribution in [0.5, 0.6) is 0 Å². The number of halogens is 2. The maximum Gasteiger partial charge on any atom is 0.258 e. The first kappa shape index (κ1) is 14.1. The molecule has 2 rings (SSSR count). The van der Waals surface area contributed by atoms with Crippen molar-refractivity contribution in [3.8, 4) is 6.07 Å². The van der Waals surface area contributed by atoms with E-state index in [9.17, 15) is 4.79 Å². The Morgan fingerprint density at radius 3 is 2.75 bits per heavy atom. The number of pyridine rings is 1. The normalized spacial score (nSPS) is 9.85. The molecule has 0 bridgehead atoms. The van der Waals surface area contributed by atoms with Gasteiger partial charge < -0.3 is 11.1 Å². The first-order chi connectivity index (χ1) is 9.51. The SMILES string of the molecule is N#Cc1ccc(NC(=O)c2cc(N)cnc2Cl)cc1Cl. The van der Waals surface area contributed by atoms with Gasteiger partial charge in [-0.05, 0) is 24.3 Å². The van der Waals surface area contributed by atoms with Crippen LogP contribution in [0.2, 0.25) is 10.2 Å². The van der Waals surface area contributed by atoms with E-state index in [1.165, 1.54) is 24.4 Å². The van der Waals surface area contributed by atoms with Crippen LogP contribution in [0.25, 0.3) is 0 Å². The van der Waals surface area contributed by atoms with Crippen LogP contribution in [-0.4, -0.2) is 10.9 Å². The van der Waals surface area contributed by atoms with E-state index in [-0.39, 0.29) is 15.7 Å². The highest BCUT2D eigenvalue weighted by Crippen LogP contribution is 2.22. The molecule has 0 unspecified atom stereocenters. The molecule has 100 valence electrons. The maximum atomic E-state index is 12.1. The van der Waals surface area contributed by atoms with E-state index in [1.807, 2.05) is 6.07 Å². The fourth-order valence-electron chi connectivity index (χ4n) is 1.51. The second kappa shape index (κ2) is 5.78. The molecule has 0 aliphatic carbocycles. The number of benzene rings is 1. The molecule has 0 aliphatic heterocycles. The van der Waals surface area contributed by atoms with Gasteiger partial charge in [-0.3, -0.25) is 4.79 Å². The van der Waals surface area contributed by atoms with E-state index in [0.29, 0.717) is 16.9 Å². The lowest BCUT2D eigenvalue weighted by atomic mass is 10.2. The molecule has 0 saturated heterocycles. The van der Waals surface area contributed by atoms with Gasteiger partial charge >= 0.3 is 0 Å². The van der Waals surface area contributed by atoms with Crippen LogP contribution in [0, 0.1) is 11.3 Å².